The van der Waals surface area contributed by atoms with Crippen LogP contribution >= 0.6 is 11.6 Å². The van der Waals surface area contributed by atoms with Crippen LogP contribution in [0.5, 0.6) is 0 Å². The Morgan fingerprint density at radius 2 is 1.89 bits per heavy atom. The Morgan fingerprint density at radius 1 is 1.32 bits per heavy atom. The van der Waals surface area contributed by atoms with Crippen molar-refractivity contribution in [1.82, 2.24) is 4.72 Å². The summed E-state index contributed by atoms with van der Waals surface area (Å²) >= 11 is 5.59. The summed E-state index contributed by atoms with van der Waals surface area (Å²) in [5, 5.41) is 18.1. The fourth-order valence-electron chi connectivity index (χ4n) is 1.20. The average Bonchev–Trinajstić information content (AvgIpc) is 2.35. The van der Waals surface area contributed by atoms with Crippen LogP contribution in [0.1, 0.15) is 6.92 Å². The van der Waals surface area contributed by atoms with Crippen LogP contribution in [-0.4, -0.2) is 38.4 Å². The molecular weight excluding hydrogens is 297 g/mol. The lowest BCUT2D eigenvalue weighted by Gasteiger charge is -2.24. The van der Waals surface area contributed by atoms with Gasteiger partial charge in [0.05, 0.1) is 18.1 Å². The summed E-state index contributed by atoms with van der Waals surface area (Å²) in [5.41, 5.74) is -0.996. The van der Waals surface area contributed by atoms with Crippen LogP contribution in [0.25, 0.3) is 0 Å². The largest absolute Gasteiger partial charge is 0.396 e. The Bertz CT molecular complexity index is 525. The highest BCUT2D eigenvalue weighted by Gasteiger charge is 2.26. The highest BCUT2D eigenvalue weighted by atomic mass is 35.5. The van der Waals surface area contributed by atoms with Gasteiger partial charge in [0.25, 0.3) is 0 Å². The summed E-state index contributed by atoms with van der Waals surface area (Å²) in [7, 11) is -3.96. The van der Waals surface area contributed by atoms with Crippen molar-refractivity contribution >= 4 is 21.6 Å². The molecule has 0 amide bonds. The van der Waals surface area contributed by atoms with Gasteiger partial charge in [-0.3, -0.25) is 0 Å². The molecule has 1 aromatic carbocycles. The van der Waals surface area contributed by atoms with Crippen molar-refractivity contribution < 1.29 is 23.0 Å². The van der Waals surface area contributed by atoms with Crippen LogP contribution < -0.4 is 4.72 Å². The Hall–Kier alpha value is -0.730. The number of hydrogen-bond donors (Lipinski definition) is 3. The molecule has 0 aliphatic heterocycles. The molecule has 0 atom stereocenters. The van der Waals surface area contributed by atoms with Gasteiger partial charge in [-0.1, -0.05) is 18.5 Å². The van der Waals surface area contributed by atoms with Crippen LogP contribution in [0.3, 0.4) is 0 Å². The molecule has 0 heterocycles. The van der Waals surface area contributed by atoms with E-state index >= 15 is 0 Å². The Kier molecular flexibility index (Phi) is 5.28. The monoisotopic (exact) mass is 311 g/mol. The first-order chi connectivity index (χ1) is 8.72. The molecule has 0 aliphatic rings. The van der Waals surface area contributed by atoms with E-state index in [2.05, 4.69) is 4.72 Å². The molecule has 0 radical (unpaired) electrons. The second-order valence-corrected chi connectivity index (χ2v) is 6.76. The molecular formula is C11H15ClFNO4S. The van der Waals surface area contributed by atoms with E-state index < -0.39 is 34.5 Å². The van der Waals surface area contributed by atoms with Crippen LogP contribution in [0.2, 0.25) is 5.02 Å². The number of aliphatic hydroxyl groups excluding tert-OH is 2. The number of hydrogen-bond acceptors (Lipinski definition) is 4. The molecule has 0 unspecified atom stereocenters. The first-order valence-corrected chi connectivity index (χ1v) is 7.26. The molecule has 108 valence electrons. The minimum absolute atomic E-state index is 0.0348. The van der Waals surface area contributed by atoms with E-state index in [1.165, 1.54) is 6.92 Å². The van der Waals surface area contributed by atoms with Crippen molar-refractivity contribution in [2.75, 3.05) is 19.8 Å². The van der Waals surface area contributed by atoms with Crippen LogP contribution in [-0.2, 0) is 10.0 Å². The zero-order valence-electron chi connectivity index (χ0n) is 10.2. The third-order valence-electron chi connectivity index (χ3n) is 2.60. The van der Waals surface area contributed by atoms with Crippen LogP contribution in [0, 0.1) is 11.2 Å². The maximum atomic E-state index is 13.1. The second kappa shape index (κ2) is 6.15. The van der Waals surface area contributed by atoms with E-state index in [0.29, 0.717) is 0 Å². The second-order valence-electron chi connectivity index (χ2n) is 4.56. The maximum absolute atomic E-state index is 13.1. The third kappa shape index (κ3) is 4.39. The van der Waals surface area contributed by atoms with E-state index in [1.54, 1.807) is 0 Å². The van der Waals surface area contributed by atoms with Gasteiger partial charge in [-0.25, -0.2) is 17.5 Å². The van der Waals surface area contributed by atoms with Gasteiger partial charge < -0.3 is 10.2 Å². The Morgan fingerprint density at radius 3 is 2.37 bits per heavy atom. The highest BCUT2D eigenvalue weighted by molar-refractivity contribution is 7.89. The minimum Gasteiger partial charge on any atom is -0.396 e. The lowest BCUT2D eigenvalue weighted by molar-refractivity contribution is 0.0743. The van der Waals surface area contributed by atoms with Crippen molar-refractivity contribution in [3.8, 4) is 0 Å². The molecule has 0 saturated carbocycles. The van der Waals surface area contributed by atoms with Crippen LogP contribution in [0.15, 0.2) is 23.1 Å². The topological polar surface area (TPSA) is 86.6 Å². The van der Waals surface area contributed by atoms with E-state index in [-0.39, 0.29) is 16.5 Å². The molecule has 0 fully saturated rings. The van der Waals surface area contributed by atoms with Gasteiger partial charge in [0.1, 0.15) is 5.82 Å². The molecule has 1 rings (SSSR count). The fraction of sp³-hybridized carbons (Fsp3) is 0.455. The lowest BCUT2D eigenvalue weighted by Crippen LogP contribution is -2.40. The number of halogens is 2. The summed E-state index contributed by atoms with van der Waals surface area (Å²) in [6.45, 7) is 0.538. The summed E-state index contributed by atoms with van der Waals surface area (Å²) in [4.78, 5) is -0.310. The molecule has 0 aliphatic carbocycles. The molecule has 0 bridgehead atoms. The summed E-state index contributed by atoms with van der Waals surface area (Å²) in [5.74, 6) is -0.764. The van der Waals surface area contributed by atoms with Crippen molar-refractivity contribution in [2.45, 2.75) is 11.8 Å². The number of aliphatic hydroxyl groups is 2. The SMILES string of the molecule is CC(CO)(CO)CNS(=O)(=O)c1cc(F)cc(Cl)c1. The maximum Gasteiger partial charge on any atom is 0.240 e. The minimum atomic E-state index is -3.96. The lowest BCUT2D eigenvalue weighted by atomic mass is 9.94. The van der Waals surface area contributed by atoms with Gasteiger partial charge in [0.2, 0.25) is 10.0 Å². The van der Waals surface area contributed by atoms with E-state index in [4.69, 9.17) is 21.8 Å². The summed E-state index contributed by atoms with van der Waals surface area (Å²) in [6, 6.07) is 2.94. The zero-order valence-corrected chi connectivity index (χ0v) is 11.8. The smallest absolute Gasteiger partial charge is 0.240 e. The third-order valence-corrected chi connectivity index (χ3v) is 4.20. The number of sulfonamides is 1. The molecule has 8 heteroatoms. The highest BCUT2D eigenvalue weighted by Crippen LogP contribution is 2.19. The molecule has 3 N–H and O–H groups in total. The molecule has 0 spiro atoms. The standard InChI is InChI=1S/C11H15ClFNO4S/c1-11(6-15,7-16)5-14-19(17,18)10-3-8(12)2-9(13)4-10/h2-4,14-16H,5-7H2,1H3. The van der Waals surface area contributed by atoms with Crippen molar-refractivity contribution in [1.29, 1.82) is 0 Å². The Balaban J connectivity index is 2.93. The van der Waals surface area contributed by atoms with Gasteiger partial charge in [0.15, 0.2) is 0 Å². The van der Waals surface area contributed by atoms with Gasteiger partial charge in [0, 0.05) is 17.0 Å². The fourth-order valence-corrected chi connectivity index (χ4v) is 2.74. The summed E-state index contributed by atoms with van der Waals surface area (Å²) < 4.78 is 39.1. The molecule has 5 nitrogen and oxygen atoms in total. The van der Waals surface area contributed by atoms with E-state index in [1.807, 2.05) is 0 Å². The normalized spacial score (nSPS) is 12.7. The van der Waals surface area contributed by atoms with Crippen molar-refractivity contribution in [3.05, 3.63) is 29.0 Å². The summed E-state index contributed by atoms with van der Waals surface area (Å²) in [6.07, 6.45) is 0. The molecule has 0 aromatic heterocycles. The van der Waals surface area contributed by atoms with Crippen LogP contribution in [0.4, 0.5) is 4.39 Å². The first-order valence-electron chi connectivity index (χ1n) is 5.40. The number of rotatable bonds is 6. The number of nitrogens with one attached hydrogen (secondary N) is 1. The van der Waals surface area contributed by atoms with E-state index in [9.17, 15) is 12.8 Å². The Labute approximate surface area is 116 Å². The van der Waals surface area contributed by atoms with Gasteiger partial charge >= 0.3 is 0 Å². The van der Waals surface area contributed by atoms with Gasteiger partial charge in [-0.05, 0) is 18.2 Å². The first kappa shape index (κ1) is 16.3. The quantitative estimate of drug-likeness (QED) is 0.723. The molecule has 1 aromatic rings. The van der Waals surface area contributed by atoms with Crippen molar-refractivity contribution in [2.24, 2.45) is 5.41 Å². The molecule has 19 heavy (non-hydrogen) atoms. The molecule has 0 saturated heterocycles. The van der Waals surface area contributed by atoms with E-state index in [0.717, 1.165) is 18.2 Å². The predicted octanol–water partition coefficient (Wildman–Crippen LogP) is 0.748. The van der Waals surface area contributed by atoms with Crippen molar-refractivity contribution in [3.63, 3.8) is 0 Å². The van der Waals surface area contributed by atoms with Gasteiger partial charge in [-0.2, -0.15) is 0 Å². The number of benzene rings is 1. The zero-order chi connectivity index (χ0) is 14.7. The predicted molar refractivity (Wildman–Crippen MR) is 68.9 cm³/mol. The average molecular weight is 312 g/mol. The van der Waals surface area contributed by atoms with Gasteiger partial charge in [-0.15, -0.1) is 0 Å².